The van der Waals surface area contributed by atoms with Gasteiger partial charge in [-0.2, -0.15) is 0 Å². The van der Waals surface area contributed by atoms with Crippen molar-refractivity contribution in [3.63, 3.8) is 0 Å². The van der Waals surface area contributed by atoms with Crippen molar-refractivity contribution in [2.75, 3.05) is 18.9 Å². The van der Waals surface area contributed by atoms with Crippen LogP contribution in [-0.4, -0.2) is 19.1 Å². The summed E-state index contributed by atoms with van der Waals surface area (Å²) in [6.07, 6.45) is 0. The number of carbonyl (C=O) groups excluding carboxylic acids is 1. The van der Waals surface area contributed by atoms with Crippen molar-refractivity contribution in [2.24, 2.45) is 0 Å². The smallest absolute Gasteiger partial charge is 0.216 e. The van der Waals surface area contributed by atoms with Crippen LogP contribution < -0.4 is 15.8 Å². The number of halogens is 1. The van der Waals surface area contributed by atoms with Gasteiger partial charge in [-0.3, -0.25) is 4.79 Å². The molecule has 0 aliphatic rings. The van der Waals surface area contributed by atoms with Crippen molar-refractivity contribution in [3.05, 3.63) is 23.2 Å². The molecule has 0 aliphatic heterocycles. The Kier molecular flexibility index (Phi) is 4.24. The van der Waals surface area contributed by atoms with Gasteiger partial charge >= 0.3 is 0 Å². The number of nitrogen functional groups attached to an aromatic ring is 1. The van der Waals surface area contributed by atoms with Gasteiger partial charge in [-0.15, -0.1) is 0 Å². The Bertz CT molecular complexity index is 355. The molecule has 4 nitrogen and oxygen atoms in total. The third-order valence-corrected chi connectivity index (χ3v) is 1.98. The van der Waals surface area contributed by atoms with E-state index in [0.717, 1.165) is 0 Å². The van der Waals surface area contributed by atoms with Gasteiger partial charge in [0, 0.05) is 12.6 Å². The second kappa shape index (κ2) is 5.46. The predicted octanol–water partition coefficient (Wildman–Crippen LogP) is 1.44. The highest BCUT2D eigenvalue weighted by atomic mass is 35.5. The van der Waals surface area contributed by atoms with E-state index in [2.05, 4.69) is 5.32 Å². The Hall–Kier alpha value is -1.42. The quantitative estimate of drug-likeness (QED) is 0.606. The maximum atomic E-state index is 10.6. The fourth-order valence-electron chi connectivity index (χ4n) is 1.02. The van der Waals surface area contributed by atoms with Gasteiger partial charge in [-0.1, -0.05) is 11.6 Å². The lowest BCUT2D eigenvalue weighted by Gasteiger charge is -2.08. The van der Waals surface area contributed by atoms with E-state index >= 15 is 0 Å². The first kappa shape index (κ1) is 11.7. The first-order chi connectivity index (χ1) is 7.09. The fraction of sp³-hybridized carbons (Fsp3) is 0.300. The van der Waals surface area contributed by atoms with Gasteiger partial charge in [-0.05, 0) is 18.2 Å². The number of carbonyl (C=O) groups is 1. The first-order valence-electron chi connectivity index (χ1n) is 4.52. The van der Waals surface area contributed by atoms with Crippen LogP contribution in [0.5, 0.6) is 5.75 Å². The van der Waals surface area contributed by atoms with Gasteiger partial charge in [0.05, 0.1) is 11.6 Å². The number of hydrogen-bond donors (Lipinski definition) is 2. The summed E-state index contributed by atoms with van der Waals surface area (Å²) in [4.78, 5) is 10.6. The largest absolute Gasteiger partial charge is 0.490 e. The van der Waals surface area contributed by atoms with Gasteiger partial charge in [-0.25, -0.2) is 0 Å². The lowest BCUT2D eigenvalue weighted by molar-refractivity contribution is -0.119. The third-order valence-electron chi connectivity index (χ3n) is 1.69. The number of nitrogens with two attached hydrogens (primary N) is 1. The third kappa shape index (κ3) is 4.08. The molecule has 0 saturated carbocycles. The number of benzene rings is 1. The van der Waals surface area contributed by atoms with Crippen molar-refractivity contribution in [1.29, 1.82) is 0 Å². The highest BCUT2D eigenvalue weighted by Crippen LogP contribution is 2.25. The summed E-state index contributed by atoms with van der Waals surface area (Å²) in [5, 5.41) is 3.09. The number of ether oxygens (including phenoxy) is 1. The van der Waals surface area contributed by atoms with E-state index in [4.69, 9.17) is 22.1 Å². The molecule has 82 valence electrons. The van der Waals surface area contributed by atoms with Crippen molar-refractivity contribution < 1.29 is 9.53 Å². The fourth-order valence-corrected chi connectivity index (χ4v) is 1.27. The van der Waals surface area contributed by atoms with E-state index in [1.165, 1.54) is 6.92 Å². The van der Waals surface area contributed by atoms with Crippen molar-refractivity contribution in [1.82, 2.24) is 5.32 Å². The van der Waals surface area contributed by atoms with Crippen LogP contribution in [0.1, 0.15) is 6.92 Å². The number of rotatable bonds is 4. The Balaban J connectivity index is 2.40. The highest BCUT2D eigenvalue weighted by Gasteiger charge is 2.01. The molecule has 1 aromatic carbocycles. The van der Waals surface area contributed by atoms with Crippen LogP contribution in [0.3, 0.4) is 0 Å². The van der Waals surface area contributed by atoms with Crippen molar-refractivity contribution >= 4 is 23.2 Å². The molecule has 0 spiro atoms. The maximum Gasteiger partial charge on any atom is 0.216 e. The molecule has 1 rings (SSSR count). The minimum atomic E-state index is -0.0815. The summed E-state index contributed by atoms with van der Waals surface area (Å²) >= 11 is 5.88. The molecule has 1 aromatic rings. The van der Waals surface area contributed by atoms with Crippen LogP contribution in [-0.2, 0) is 4.79 Å². The number of nitrogens with one attached hydrogen (secondary N) is 1. The summed E-state index contributed by atoms with van der Waals surface area (Å²) in [6, 6.07) is 5.03. The van der Waals surface area contributed by atoms with Gasteiger partial charge in [0.15, 0.2) is 0 Å². The molecule has 0 unspecified atom stereocenters. The van der Waals surface area contributed by atoms with Crippen LogP contribution >= 0.6 is 11.6 Å². The van der Waals surface area contributed by atoms with Crippen molar-refractivity contribution in [3.8, 4) is 5.75 Å². The van der Waals surface area contributed by atoms with Crippen molar-refractivity contribution in [2.45, 2.75) is 6.92 Å². The predicted molar refractivity (Wildman–Crippen MR) is 60.0 cm³/mol. The molecule has 0 bridgehead atoms. The standard InChI is InChI=1S/C10H13ClN2O2/c1-7(14)13-4-5-15-10-3-2-8(12)6-9(10)11/h2-3,6H,4-5,12H2,1H3,(H,13,14). The molecule has 0 saturated heterocycles. The molecule has 0 heterocycles. The molecule has 0 aliphatic carbocycles. The van der Waals surface area contributed by atoms with E-state index in [1.54, 1.807) is 18.2 Å². The van der Waals surface area contributed by atoms with E-state index in [9.17, 15) is 4.79 Å². The van der Waals surface area contributed by atoms with Gasteiger partial charge in [0.2, 0.25) is 5.91 Å². The molecule has 15 heavy (non-hydrogen) atoms. The normalized spacial score (nSPS) is 9.73. The average Bonchev–Trinajstić information content (AvgIpc) is 2.14. The zero-order valence-electron chi connectivity index (χ0n) is 8.42. The topological polar surface area (TPSA) is 64.3 Å². The van der Waals surface area contributed by atoms with Gasteiger partial charge in [0.25, 0.3) is 0 Å². The lowest BCUT2D eigenvalue weighted by Crippen LogP contribution is -2.25. The van der Waals surface area contributed by atoms with Gasteiger partial charge in [0.1, 0.15) is 12.4 Å². The summed E-state index contributed by atoms with van der Waals surface area (Å²) in [5.41, 5.74) is 6.12. The Morgan fingerprint density at radius 3 is 2.93 bits per heavy atom. The number of hydrogen-bond acceptors (Lipinski definition) is 3. The van der Waals surface area contributed by atoms with Crippen LogP contribution in [0.4, 0.5) is 5.69 Å². The molecular formula is C10H13ClN2O2. The Morgan fingerprint density at radius 2 is 2.33 bits per heavy atom. The molecule has 0 radical (unpaired) electrons. The summed E-state index contributed by atoms with van der Waals surface area (Å²) < 4.78 is 5.34. The van der Waals surface area contributed by atoms with Crippen LogP contribution in [0.25, 0.3) is 0 Å². The van der Waals surface area contributed by atoms with Crippen LogP contribution in [0.15, 0.2) is 18.2 Å². The van der Waals surface area contributed by atoms with E-state index in [-0.39, 0.29) is 5.91 Å². The van der Waals surface area contributed by atoms with Gasteiger partial charge < -0.3 is 15.8 Å². The molecule has 0 atom stereocenters. The van der Waals surface area contributed by atoms with E-state index < -0.39 is 0 Å². The molecular weight excluding hydrogens is 216 g/mol. The first-order valence-corrected chi connectivity index (χ1v) is 4.89. The second-order valence-corrected chi connectivity index (χ2v) is 3.43. The number of anilines is 1. The van der Waals surface area contributed by atoms with E-state index in [1.807, 2.05) is 0 Å². The summed E-state index contributed by atoms with van der Waals surface area (Å²) in [6.45, 7) is 2.29. The minimum absolute atomic E-state index is 0.0815. The molecule has 3 N–H and O–H groups in total. The highest BCUT2D eigenvalue weighted by molar-refractivity contribution is 6.32. The second-order valence-electron chi connectivity index (χ2n) is 3.02. The molecule has 1 amide bonds. The van der Waals surface area contributed by atoms with Crippen LogP contribution in [0, 0.1) is 0 Å². The Morgan fingerprint density at radius 1 is 1.60 bits per heavy atom. The zero-order valence-corrected chi connectivity index (χ0v) is 9.17. The molecule has 5 heteroatoms. The SMILES string of the molecule is CC(=O)NCCOc1ccc(N)cc1Cl. The summed E-state index contributed by atoms with van der Waals surface area (Å²) in [7, 11) is 0. The maximum absolute atomic E-state index is 10.6. The lowest BCUT2D eigenvalue weighted by atomic mass is 10.3. The molecule has 0 fully saturated rings. The molecule has 0 aromatic heterocycles. The monoisotopic (exact) mass is 228 g/mol. The van der Waals surface area contributed by atoms with Crippen LogP contribution in [0.2, 0.25) is 5.02 Å². The average molecular weight is 229 g/mol. The zero-order chi connectivity index (χ0) is 11.3. The minimum Gasteiger partial charge on any atom is -0.490 e. The summed E-state index contributed by atoms with van der Waals surface area (Å²) in [5.74, 6) is 0.484. The number of amides is 1. The van der Waals surface area contributed by atoms with E-state index in [0.29, 0.717) is 29.6 Å². The Labute approximate surface area is 93.4 Å².